The number of nitrogens with zero attached hydrogens (tertiary/aromatic N) is 9. The summed E-state index contributed by atoms with van der Waals surface area (Å²) in [6.45, 7) is 4.71. The summed E-state index contributed by atoms with van der Waals surface area (Å²) in [6, 6.07) is 7.76. The highest BCUT2D eigenvalue weighted by molar-refractivity contribution is 9.10. The van der Waals surface area contributed by atoms with E-state index in [1.807, 2.05) is 0 Å². The van der Waals surface area contributed by atoms with Gasteiger partial charge < -0.3 is 55.0 Å². The van der Waals surface area contributed by atoms with Crippen LogP contribution in [0.15, 0.2) is 143 Å². The number of aliphatic hydroxyl groups excluding tert-OH is 1. The number of ether oxygens (including phenoxy) is 5. The van der Waals surface area contributed by atoms with Crippen molar-refractivity contribution in [1.29, 1.82) is 0 Å². The van der Waals surface area contributed by atoms with Gasteiger partial charge in [0.15, 0.2) is 32.5 Å². The van der Waals surface area contributed by atoms with Crippen molar-refractivity contribution in [2.75, 3.05) is 92.1 Å². The van der Waals surface area contributed by atoms with E-state index in [2.05, 4.69) is 56.8 Å². The molecule has 0 spiro atoms. The highest BCUT2D eigenvalue weighted by Gasteiger charge is 2.45. The molecular formula is C67H67BrCl2F6N12O13S3. The Labute approximate surface area is 621 Å². The maximum Gasteiger partial charge on any atom is 0.338 e. The summed E-state index contributed by atoms with van der Waals surface area (Å²) in [7, 11) is 0. The molecule has 3 aromatic heterocycles. The van der Waals surface area contributed by atoms with E-state index in [0.29, 0.717) is 70.8 Å². The van der Waals surface area contributed by atoms with Gasteiger partial charge in [-0.3, -0.25) is 29.7 Å². The lowest BCUT2D eigenvalue weighted by atomic mass is 9.93. The molecule has 3 fully saturated rings. The zero-order valence-electron chi connectivity index (χ0n) is 55.3. The number of aliphatic imine (C=N–C) groups is 3. The first-order chi connectivity index (χ1) is 49.9. The number of carbonyl (C=O) groups excluding carboxylic acids is 3. The molecule has 25 nitrogen and oxygen atoms in total. The second kappa shape index (κ2) is 36.3. The minimum atomic E-state index is -1.38. The van der Waals surface area contributed by atoms with Crippen LogP contribution < -0.4 is 16.0 Å². The summed E-state index contributed by atoms with van der Waals surface area (Å²) in [5, 5.41) is 44.1. The Balaban J connectivity index is 0.000000168. The molecule has 6 aliphatic heterocycles. The molecule has 104 heavy (non-hydrogen) atoms. The highest BCUT2D eigenvalue weighted by atomic mass is 79.9. The Morgan fingerprint density at radius 3 is 1.22 bits per heavy atom. The molecule has 0 radical (unpaired) electrons. The molecule has 37 heteroatoms. The summed E-state index contributed by atoms with van der Waals surface area (Å²) in [5.74, 6) is -4.49. The third-order valence-corrected chi connectivity index (χ3v) is 20.2. The SMILES string of the molecule is CCOC(=O)C1=C(CN2CC(F)C2COCC(=O)O)NC(c2nccs2)=N[C@H]1c1ccc(F)cc1Br.CCOC(=O)C1=C(CN2CC(F)C2COCC(=O)O)NC(c2nccs2)=N[C@H]1c1ccc(F)cc1Cl.CCOC(=O)C1=C(CN2CC(F)[C@H](O)C2)NC(c2nccs2)=N[C@H]1c1ccc(F)cc1Cl. The Morgan fingerprint density at radius 2 is 0.904 bits per heavy atom. The van der Waals surface area contributed by atoms with Crippen LogP contribution in [0.2, 0.25) is 10.0 Å². The van der Waals surface area contributed by atoms with Gasteiger partial charge in [-0.15, -0.1) is 34.0 Å². The van der Waals surface area contributed by atoms with Gasteiger partial charge >= 0.3 is 29.8 Å². The van der Waals surface area contributed by atoms with Crippen LogP contribution in [0.3, 0.4) is 0 Å². The Bertz CT molecular complexity index is 4110. The number of carboxylic acid groups (broad SMARTS) is 2. The minimum Gasteiger partial charge on any atom is -0.480 e. The second-order valence-electron chi connectivity index (χ2n) is 23.5. The number of hydrogen-bond acceptors (Lipinski definition) is 26. The van der Waals surface area contributed by atoms with Crippen LogP contribution in [0, 0.1) is 17.5 Å². The smallest absolute Gasteiger partial charge is 0.338 e. The van der Waals surface area contributed by atoms with Crippen LogP contribution in [0.1, 0.15) is 70.6 Å². The van der Waals surface area contributed by atoms with Crippen LogP contribution in [-0.2, 0) is 47.7 Å². The predicted molar refractivity (Wildman–Crippen MR) is 376 cm³/mol. The molecule has 9 heterocycles. The molecule has 0 aliphatic carbocycles. The number of aliphatic carboxylic acids is 2. The van der Waals surface area contributed by atoms with E-state index in [1.165, 1.54) is 70.4 Å². The average Bonchev–Trinajstić information content (AvgIpc) is 1.50. The quantitative estimate of drug-likeness (QED) is 0.0168. The normalized spacial score (nSPS) is 22.5. The third-order valence-electron chi connectivity index (χ3n) is 16.6. The molecule has 6 aliphatic rings. The van der Waals surface area contributed by atoms with Crippen molar-refractivity contribution in [2.24, 2.45) is 15.0 Å². The van der Waals surface area contributed by atoms with Crippen LogP contribution in [0.5, 0.6) is 0 Å². The van der Waals surface area contributed by atoms with E-state index in [4.69, 9.17) is 62.1 Å². The molecule has 3 aromatic carbocycles. The number of nitrogens with one attached hydrogen (secondary N) is 3. The number of carbonyl (C=O) groups is 5. The number of hydrogen-bond donors (Lipinski definition) is 6. The molecule has 3 saturated heterocycles. The van der Waals surface area contributed by atoms with E-state index >= 15 is 0 Å². The van der Waals surface area contributed by atoms with Crippen LogP contribution in [0.25, 0.3) is 0 Å². The van der Waals surface area contributed by atoms with Crippen molar-refractivity contribution in [2.45, 2.75) is 75.6 Å². The van der Waals surface area contributed by atoms with Gasteiger partial charge in [-0.05, 0) is 62.7 Å². The summed E-state index contributed by atoms with van der Waals surface area (Å²) in [5.41, 5.74) is 3.18. The van der Waals surface area contributed by atoms with Gasteiger partial charge in [-0.1, -0.05) is 57.3 Å². The van der Waals surface area contributed by atoms with Gasteiger partial charge in [0.25, 0.3) is 0 Å². The van der Waals surface area contributed by atoms with E-state index in [1.54, 1.807) is 76.3 Å². The van der Waals surface area contributed by atoms with Crippen molar-refractivity contribution in [3.8, 4) is 0 Å². The second-order valence-corrected chi connectivity index (χ2v) is 27.8. The average molecular weight is 1610 g/mol. The first-order valence-corrected chi connectivity index (χ1v) is 36.3. The van der Waals surface area contributed by atoms with Crippen LogP contribution in [-0.4, -0.2) is 221 Å². The van der Waals surface area contributed by atoms with E-state index in [0.717, 1.165) is 12.1 Å². The molecule has 0 bridgehead atoms. The predicted octanol–water partition coefficient (Wildman–Crippen LogP) is 8.90. The monoisotopic (exact) mass is 1610 g/mol. The molecule has 5 unspecified atom stereocenters. The fraction of sp³-hybridized carbons (Fsp3) is 0.388. The van der Waals surface area contributed by atoms with E-state index in [9.17, 15) is 55.4 Å². The lowest BCUT2D eigenvalue weighted by molar-refractivity contribution is -0.145. The number of thiazole rings is 3. The molecule has 0 amide bonds. The third kappa shape index (κ3) is 19.3. The molecule has 6 N–H and O–H groups in total. The zero-order valence-corrected chi connectivity index (χ0v) is 60.9. The number of aliphatic hydroxyl groups is 1. The van der Waals surface area contributed by atoms with Gasteiger partial charge in [0.05, 0.1) is 67.9 Å². The van der Waals surface area contributed by atoms with Gasteiger partial charge in [0, 0.05) is 123 Å². The number of benzene rings is 3. The maximum absolute atomic E-state index is 14.3. The summed E-state index contributed by atoms with van der Waals surface area (Å²) in [4.78, 5) is 93.0. The first-order valence-electron chi connectivity index (χ1n) is 32.1. The minimum absolute atomic E-state index is 0.0220. The number of rotatable bonds is 26. The number of carboxylic acids is 2. The summed E-state index contributed by atoms with van der Waals surface area (Å²) >= 11 is 20.1. The van der Waals surface area contributed by atoms with Gasteiger partial charge in [0.1, 0.15) is 67.3 Å². The van der Waals surface area contributed by atoms with Crippen molar-refractivity contribution in [1.82, 2.24) is 45.6 Å². The molecule has 0 saturated carbocycles. The molecule has 9 atom stereocenters. The standard InChI is InChI=1S/C23H23BrF2N4O5S.C23H23ClF2N4O5S.C21H21ClF2N4O3S/c2*1-2-35-23(33)19-16(9-30-8-15(26)17(30)10-34-11-18(31)32)28-21(22-27-5-6-36-22)29-20(19)13-4-3-12(25)7-14(13)24;1-2-31-21(30)17-15(9-28-8-14(24)16(29)10-28)26-19(20-25-5-6-32-20)27-18(17)12-4-3-11(23)7-13(12)22/h2*3-7,15,17,20H,2,8-11H2,1H3,(H,28,29)(H,31,32);3-7,14,16,18,29H,2,8-10H2,1H3,(H,26,27)/t2*15?,17?,20-;14?,16-,18+/m001/s1. The fourth-order valence-electron chi connectivity index (χ4n) is 11.7. The first kappa shape index (κ1) is 78.5. The fourth-order valence-corrected chi connectivity index (χ4v) is 14.6. The van der Waals surface area contributed by atoms with Gasteiger partial charge in [0.2, 0.25) is 0 Å². The van der Waals surface area contributed by atoms with Gasteiger partial charge in [-0.2, -0.15) is 0 Å². The molecule has 12 rings (SSSR count). The number of esters is 3. The topological polar surface area (TPSA) is 314 Å². The van der Waals surface area contributed by atoms with Crippen molar-refractivity contribution < 1.29 is 89.3 Å². The maximum atomic E-state index is 14.3. The van der Waals surface area contributed by atoms with Crippen molar-refractivity contribution >= 4 is 120 Å². The Hall–Kier alpha value is -8.07. The van der Waals surface area contributed by atoms with Crippen LogP contribution >= 0.6 is 73.1 Å². The lowest BCUT2D eigenvalue weighted by Gasteiger charge is -2.44. The number of likely N-dealkylation sites (tertiary alicyclic amines) is 3. The zero-order chi connectivity index (χ0) is 74.5. The molecule has 6 aromatic rings. The van der Waals surface area contributed by atoms with E-state index < -0.39 is 115 Å². The van der Waals surface area contributed by atoms with Crippen molar-refractivity contribution in [3.63, 3.8) is 0 Å². The number of halogens is 9. The summed E-state index contributed by atoms with van der Waals surface area (Å²) < 4.78 is 111. The number of aromatic nitrogens is 3. The summed E-state index contributed by atoms with van der Waals surface area (Å²) in [6.07, 6.45) is -0.0477. The van der Waals surface area contributed by atoms with E-state index in [-0.39, 0.29) is 106 Å². The molecular weight excluding hydrogens is 1540 g/mol. The van der Waals surface area contributed by atoms with Crippen LogP contribution in [0.4, 0.5) is 26.3 Å². The number of β-amino-alcohol motifs (C(OH)–C–C–N with tert-alkyl or cyclic N) is 1. The van der Waals surface area contributed by atoms with Crippen molar-refractivity contribution in [3.05, 3.63) is 187 Å². The molecule has 554 valence electrons. The Morgan fingerprint density at radius 1 is 0.538 bits per heavy atom. The lowest BCUT2D eigenvalue weighted by Crippen LogP contribution is -2.61. The largest absolute Gasteiger partial charge is 0.480 e. The van der Waals surface area contributed by atoms with Gasteiger partial charge in [-0.25, -0.2) is 65.3 Å². The Kier molecular flexibility index (Phi) is 27.4. The number of alkyl halides is 3. The highest BCUT2D eigenvalue weighted by Crippen LogP contribution is 2.42. The number of amidine groups is 3.